The van der Waals surface area contributed by atoms with E-state index in [1.54, 1.807) is 22.2 Å². The molecule has 0 aliphatic carbocycles. The van der Waals surface area contributed by atoms with Crippen LogP contribution in [-0.4, -0.2) is 89.1 Å². The van der Waals surface area contributed by atoms with Gasteiger partial charge in [0.25, 0.3) is 5.91 Å². The number of hydrogen-bond donors (Lipinski definition) is 2. The summed E-state index contributed by atoms with van der Waals surface area (Å²) in [4.78, 5) is 51.0. The molecule has 1 atom stereocenters. The number of fused-ring (bicyclic) bond motifs is 1. The molecule has 3 aromatic rings. The van der Waals surface area contributed by atoms with Gasteiger partial charge in [-0.25, -0.2) is 9.59 Å². The Bertz CT molecular complexity index is 1630. The number of piperidine rings is 1. The Hall–Kier alpha value is -4.05. The van der Waals surface area contributed by atoms with Crippen molar-refractivity contribution >= 4 is 62.4 Å². The zero-order chi connectivity index (χ0) is 33.3. The monoisotopic (exact) mass is 735 g/mol. The predicted octanol–water partition coefficient (Wildman–Crippen LogP) is 5.42. The van der Waals surface area contributed by atoms with Gasteiger partial charge in [-0.05, 0) is 64.0 Å². The fourth-order valence-electron chi connectivity index (χ4n) is 6.21. The molecule has 4 amide bonds. The summed E-state index contributed by atoms with van der Waals surface area (Å²) in [5, 5.41) is 6.81. The number of carbonyl (C=O) groups is 3. The number of amides is 4. The second kappa shape index (κ2) is 13.6. The van der Waals surface area contributed by atoms with Crippen LogP contribution < -0.4 is 16.0 Å². The maximum absolute atomic E-state index is 13.9. The minimum Gasteiger partial charge on any atom is -0.436 e. The molecule has 0 saturated carbocycles. The fraction of sp³-hybridized carbons (Fsp3) is 0.419. The lowest BCUT2D eigenvalue weighted by Crippen LogP contribution is -2.54. The summed E-state index contributed by atoms with van der Waals surface area (Å²) >= 11 is 4.63. The highest BCUT2D eigenvalue weighted by molar-refractivity contribution is 9.10. The summed E-state index contributed by atoms with van der Waals surface area (Å²) in [7, 11) is 0. The van der Waals surface area contributed by atoms with Gasteiger partial charge in [0.15, 0.2) is 6.10 Å². The number of benzene rings is 1. The van der Waals surface area contributed by atoms with Crippen LogP contribution in [0.4, 0.5) is 39.8 Å². The van der Waals surface area contributed by atoms with E-state index in [0.29, 0.717) is 58.7 Å². The second-order valence-corrected chi connectivity index (χ2v) is 13.3. The van der Waals surface area contributed by atoms with Gasteiger partial charge in [0, 0.05) is 85.2 Å². The number of thiophene rings is 1. The van der Waals surface area contributed by atoms with Gasteiger partial charge in [0.05, 0.1) is 23.5 Å². The number of rotatable bonds is 6. The Balaban J connectivity index is 1.15. The number of anilines is 3. The molecule has 11 nitrogen and oxygen atoms in total. The topological polar surface area (TPSA) is 124 Å². The number of nitrogens with two attached hydrogens (primary N) is 1. The maximum atomic E-state index is 13.9. The molecular formula is C31H33BrF3N7O4S. The number of halogens is 4. The molecular weight excluding hydrogens is 703 g/mol. The van der Waals surface area contributed by atoms with Gasteiger partial charge >= 0.3 is 18.3 Å². The van der Waals surface area contributed by atoms with Crippen LogP contribution in [0.25, 0.3) is 0 Å². The van der Waals surface area contributed by atoms with E-state index in [1.165, 1.54) is 22.3 Å². The Labute approximate surface area is 281 Å². The lowest BCUT2D eigenvalue weighted by atomic mass is 10.0. The number of pyridine rings is 1. The first-order valence-electron chi connectivity index (χ1n) is 15.1. The van der Waals surface area contributed by atoms with Crippen LogP contribution >= 0.6 is 27.3 Å². The molecule has 0 unspecified atom stereocenters. The molecule has 250 valence electrons. The summed E-state index contributed by atoms with van der Waals surface area (Å²) in [6, 6.07) is 5.78. The normalized spacial score (nSPS) is 18.1. The van der Waals surface area contributed by atoms with E-state index in [-0.39, 0.29) is 28.5 Å². The quantitative estimate of drug-likeness (QED) is 0.325. The lowest BCUT2D eigenvalue weighted by molar-refractivity contribution is -0.141. The molecule has 16 heteroatoms. The third-order valence-corrected chi connectivity index (χ3v) is 10.3. The van der Waals surface area contributed by atoms with Gasteiger partial charge < -0.3 is 35.4 Å². The molecule has 47 heavy (non-hydrogen) atoms. The summed E-state index contributed by atoms with van der Waals surface area (Å²) < 4.78 is 47.1. The van der Waals surface area contributed by atoms with Crippen molar-refractivity contribution in [3.63, 3.8) is 0 Å². The van der Waals surface area contributed by atoms with E-state index in [0.717, 1.165) is 23.0 Å². The molecule has 2 aromatic heterocycles. The smallest absolute Gasteiger partial charge is 0.418 e. The zero-order valence-corrected chi connectivity index (χ0v) is 27.6. The minimum absolute atomic E-state index is 0.0317. The molecule has 2 fully saturated rings. The van der Waals surface area contributed by atoms with E-state index >= 15 is 0 Å². The Morgan fingerprint density at radius 3 is 2.45 bits per heavy atom. The van der Waals surface area contributed by atoms with Crippen molar-refractivity contribution in [1.82, 2.24) is 19.7 Å². The van der Waals surface area contributed by atoms with Gasteiger partial charge in [0.2, 0.25) is 0 Å². The molecule has 5 heterocycles. The van der Waals surface area contributed by atoms with Crippen LogP contribution in [0.1, 0.15) is 29.5 Å². The molecule has 0 radical (unpaired) electrons. The number of piperazine rings is 1. The van der Waals surface area contributed by atoms with Crippen molar-refractivity contribution < 1.29 is 32.3 Å². The number of carbonyl (C=O) groups excluding carboxylic acids is 3. The van der Waals surface area contributed by atoms with Gasteiger partial charge in [-0.3, -0.25) is 9.78 Å². The number of hydrogen-bond acceptors (Lipinski definition) is 8. The third kappa shape index (κ3) is 7.27. The summed E-state index contributed by atoms with van der Waals surface area (Å²) in [5.74, 6) is -0.485. The zero-order valence-electron chi connectivity index (χ0n) is 25.2. The molecule has 0 spiro atoms. The van der Waals surface area contributed by atoms with E-state index < -0.39 is 35.5 Å². The van der Waals surface area contributed by atoms with Gasteiger partial charge in [-0.1, -0.05) is 0 Å². The van der Waals surface area contributed by atoms with Crippen LogP contribution in [0.3, 0.4) is 0 Å². The Morgan fingerprint density at radius 2 is 1.77 bits per heavy atom. The van der Waals surface area contributed by atoms with Gasteiger partial charge in [-0.15, -0.1) is 11.3 Å². The number of aromatic nitrogens is 1. The number of nitrogen functional groups attached to an aromatic ring is 1. The average Bonchev–Trinajstić information content (AvgIpc) is 3.52. The van der Waals surface area contributed by atoms with Crippen LogP contribution in [0.5, 0.6) is 0 Å². The molecule has 2 saturated heterocycles. The van der Waals surface area contributed by atoms with Crippen molar-refractivity contribution in [3.8, 4) is 0 Å². The Morgan fingerprint density at radius 1 is 1.06 bits per heavy atom. The van der Waals surface area contributed by atoms with Crippen molar-refractivity contribution in [2.45, 2.75) is 44.1 Å². The SMILES string of the molecule is Nc1c(Br)cc(C[C@@H](OC(=O)N2CCC(N3Cc4cscc4NC3=O)CC2)C(=O)N2CCN(c3ccncc3)CC2)cc1C(F)(F)F. The summed E-state index contributed by atoms with van der Waals surface area (Å²) in [6.45, 7) is 2.79. The number of nitrogens with one attached hydrogen (secondary N) is 1. The minimum atomic E-state index is -4.72. The van der Waals surface area contributed by atoms with Crippen LogP contribution in [0.2, 0.25) is 0 Å². The van der Waals surface area contributed by atoms with E-state index in [4.69, 9.17) is 10.5 Å². The largest absolute Gasteiger partial charge is 0.436 e. The van der Waals surface area contributed by atoms with E-state index in [1.807, 2.05) is 22.9 Å². The summed E-state index contributed by atoms with van der Waals surface area (Å²) in [5.41, 5.74) is 7.17. The number of alkyl halides is 3. The molecule has 3 aliphatic rings. The third-order valence-electron chi connectivity index (χ3n) is 8.80. The predicted molar refractivity (Wildman–Crippen MR) is 174 cm³/mol. The first-order valence-corrected chi connectivity index (χ1v) is 16.9. The summed E-state index contributed by atoms with van der Waals surface area (Å²) in [6.07, 6.45) is -2.69. The molecule has 1 aromatic carbocycles. The van der Waals surface area contributed by atoms with Gasteiger partial charge in [-0.2, -0.15) is 13.2 Å². The van der Waals surface area contributed by atoms with Crippen molar-refractivity contribution in [1.29, 1.82) is 0 Å². The molecule has 3 aliphatic heterocycles. The molecule has 3 N–H and O–H groups in total. The average molecular weight is 737 g/mol. The standard InChI is InChI=1S/C31H33BrF3N7O4S/c32-24-14-19(13-23(27(24)36)31(33,34)35)15-26(28(43)40-11-9-39(10-12-40)21-1-5-37-6-2-21)46-30(45)41-7-3-22(4-8-41)42-16-20-17-47-18-25(20)38-29(42)44/h1-2,5-6,13-14,17-18,22,26H,3-4,7-12,15-16,36H2,(H,38,44)/t26-/m1/s1. The van der Waals surface area contributed by atoms with Crippen molar-refractivity contribution in [2.24, 2.45) is 0 Å². The first kappa shape index (κ1) is 32.9. The molecule has 6 rings (SSSR count). The van der Waals surface area contributed by atoms with Crippen LogP contribution in [-0.2, 0) is 28.7 Å². The number of nitrogens with zero attached hydrogens (tertiary/aromatic N) is 5. The van der Waals surface area contributed by atoms with Crippen molar-refractivity contribution in [3.05, 3.63) is 68.6 Å². The number of urea groups is 1. The van der Waals surface area contributed by atoms with Crippen LogP contribution in [0.15, 0.2) is 51.9 Å². The highest BCUT2D eigenvalue weighted by Gasteiger charge is 2.38. The molecule has 0 bridgehead atoms. The van der Waals surface area contributed by atoms with Crippen LogP contribution in [0, 0.1) is 0 Å². The highest BCUT2D eigenvalue weighted by Crippen LogP contribution is 2.38. The van der Waals surface area contributed by atoms with E-state index in [9.17, 15) is 27.6 Å². The number of ether oxygens (including phenoxy) is 1. The second-order valence-electron chi connectivity index (χ2n) is 11.7. The lowest BCUT2D eigenvalue weighted by Gasteiger charge is -2.40. The first-order chi connectivity index (χ1) is 22.5. The highest BCUT2D eigenvalue weighted by atomic mass is 79.9. The number of likely N-dealkylation sites (tertiary alicyclic amines) is 1. The fourth-order valence-corrected chi connectivity index (χ4v) is 7.50. The van der Waals surface area contributed by atoms with Crippen molar-refractivity contribution in [2.75, 3.05) is 55.2 Å². The maximum Gasteiger partial charge on any atom is 0.418 e. The van der Waals surface area contributed by atoms with E-state index in [2.05, 4.69) is 31.1 Å². The van der Waals surface area contributed by atoms with Gasteiger partial charge in [0.1, 0.15) is 0 Å². The Kier molecular flexibility index (Phi) is 9.50.